The molecule has 0 aliphatic carbocycles. The van der Waals surface area contributed by atoms with E-state index in [1.54, 1.807) is 32.9 Å². The number of rotatable bonds is 7. The molecule has 0 aliphatic heterocycles. The molecule has 0 heterocycles. The summed E-state index contributed by atoms with van der Waals surface area (Å²) in [6, 6.07) is 14.2. The summed E-state index contributed by atoms with van der Waals surface area (Å²) in [4.78, 5) is 35.9. The lowest BCUT2D eigenvalue weighted by Gasteiger charge is -2.28. The average Bonchev–Trinajstić information content (AvgIpc) is 2.69. The molecule has 2 rings (SSSR count). The topological polar surface area (TPSA) is 119 Å². The number of benzene rings is 2. The molecule has 160 valence electrons. The van der Waals surface area contributed by atoms with Crippen molar-refractivity contribution in [3.63, 3.8) is 0 Å². The van der Waals surface area contributed by atoms with Gasteiger partial charge in [-0.05, 0) is 44.0 Å². The van der Waals surface area contributed by atoms with Gasteiger partial charge in [-0.2, -0.15) is 0 Å². The molecule has 0 saturated heterocycles. The van der Waals surface area contributed by atoms with Crippen molar-refractivity contribution >= 4 is 18.0 Å². The molecule has 1 atom stereocenters. The number of hydrogen-bond acceptors (Lipinski definition) is 6. The van der Waals surface area contributed by atoms with E-state index in [9.17, 15) is 19.5 Å². The van der Waals surface area contributed by atoms with E-state index >= 15 is 0 Å². The van der Waals surface area contributed by atoms with E-state index in [0.29, 0.717) is 16.1 Å². The zero-order valence-electron chi connectivity index (χ0n) is 17.2. The van der Waals surface area contributed by atoms with Crippen molar-refractivity contribution in [1.29, 1.82) is 0 Å². The molecule has 8 heteroatoms. The van der Waals surface area contributed by atoms with Gasteiger partial charge in [-0.1, -0.05) is 42.5 Å². The van der Waals surface area contributed by atoms with Gasteiger partial charge in [0, 0.05) is 6.42 Å². The Hall–Kier alpha value is -3.39. The Morgan fingerprint density at radius 1 is 1.00 bits per heavy atom. The Morgan fingerprint density at radius 2 is 1.60 bits per heavy atom. The maximum absolute atomic E-state index is 12.2. The van der Waals surface area contributed by atoms with Gasteiger partial charge in [-0.3, -0.25) is 0 Å². The summed E-state index contributed by atoms with van der Waals surface area (Å²) in [6.45, 7) is 5.12. The van der Waals surface area contributed by atoms with Gasteiger partial charge in [-0.15, -0.1) is 0 Å². The smallest absolute Gasteiger partial charge is 0.425 e. The van der Waals surface area contributed by atoms with Crippen LogP contribution in [0.3, 0.4) is 0 Å². The minimum Gasteiger partial charge on any atom is -0.480 e. The van der Waals surface area contributed by atoms with E-state index in [1.165, 1.54) is 12.1 Å². The number of nitrogens with zero attached hydrogens (tertiary/aromatic N) is 1. The van der Waals surface area contributed by atoms with Crippen LogP contribution in [0.4, 0.5) is 4.79 Å². The quantitative estimate of drug-likeness (QED) is 0.309. The van der Waals surface area contributed by atoms with E-state index < -0.39 is 29.7 Å². The number of hydrogen-bond donors (Lipinski definition) is 2. The Bertz CT molecular complexity index is 875. The first-order chi connectivity index (χ1) is 14.1. The van der Waals surface area contributed by atoms with Gasteiger partial charge in [0.25, 0.3) is 0 Å². The highest BCUT2D eigenvalue weighted by atomic mass is 16.6. The van der Waals surface area contributed by atoms with Gasteiger partial charge in [0.05, 0.1) is 5.56 Å². The van der Waals surface area contributed by atoms with Crippen molar-refractivity contribution < 1.29 is 29.0 Å². The molecule has 30 heavy (non-hydrogen) atoms. The van der Waals surface area contributed by atoms with Crippen molar-refractivity contribution in [2.75, 3.05) is 0 Å². The van der Waals surface area contributed by atoms with Gasteiger partial charge >= 0.3 is 18.0 Å². The normalized spacial score (nSPS) is 12.0. The number of carbonyl (C=O) groups is 3. The third-order valence-electron chi connectivity index (χ3n) is 4.06. The maximum atomic E-state index is 12.2. The average molecular weight is 414 g/mol. The van der Waals surface area contributed by atoms with Crippen LogP contribution in [0, 0.1) is 0 Å². The zero-order chi connectivity index (χ0) is 22.3. The SMILES string of the molecule is CC(C)(C)OC(=O)N(N)[C@@H](Cc1ccc(C(=O)OCc2ccccc2)cc1)C(=O)O. The predicted octanol–water partition coefficient (Wildman–Crippen LogP) is 3.15. The molecule has 0 radical (unpaired) electrons. The fourth-order valence-electron chi connectivity index (χ4n) is 2.55. The molecule has 0 unspecified atom stereocenters. The largest absolute Gasteiger partial charge is 0.480 e. The van der Waals surface area contributed by atoms with E-state index in [1.807, 2.05) is 30.3 Å². The number of ether oxygens (including phenoxy) is 2. The first kappa shape index (κ1) is 22.9. The van der Waals surface area contributed by atoms with E-state index in [2.05, 4.69) is 0 Å². The molecule has 2 aromatic carbocycles. The number of nitrogens with two attached hydrogens (primary N) is 1. The predicted molar refractivity (Wildman–Crippen MR) is 109 cm³/mol. The minimum absolute atomic E-state index is 0.0512. The molecule has 2 aromatic rings. The third kappa shape index (κ3) is 6.89. The fraction of sp³-hybridized carbons (Fsp3) is 0.318. The molecule has 1 amide bonds. The number of carboxylic acid groups (broad SMARTS) is 1. The Balaban J connectivity index is 2.00. The molecule has 8 nitrogen and oxygen atoms in total. The van der Waals surface area contributed by atoms with Crippen molar-refractivity contribution in [1.82, 2.24) is 5.01 Å². The van der Waals surface area contributed by atoms with Gasteiger partial charge in [0.2, 0.25) is 0 Å². The summed E-state index contributed by atoms with van der Waals surface area (Å²) in [5.41, 5.74) is 0.982. The molecule has 0 spiro atoms. The second-order valence-corrected chi connectivity index (χ2v) is 7.70. The van der Waals surface area contributed by atoms with Crippen LogP contribution < -0.4 is 5.84 Å². The Morgan fingerprint density at radius 3 is 2.13 bits per heavy atom. The monoisotopic (exact) mass is 414 g/mol. The van der Waals surface area contributed by atoms with E-state index in [-0.39, 0.29) is 13.0 Å². The Labute approximate surface area is 175 Å². The molecular weight excluding hydrogens is 388 g/mol. The first-order valence-corrected chi connectivity index (χ1v) is 9.36. The van der Waals surface area contributed by atoms with Gasteiger partial charge < -0.3 is 14.6 Å². The summed E-state index contributed by atoms with van der Waals surface area (Å²) < 4.78 is 10.4. The second-order valence-electron chi connectivity index (χ2n) is 7.70. The highest BCUT2D eigenvalue weighted by Gasteiger charge is 2.31. The number of aliphatic carboxylic acids is 1. The molecular formula is C22H26N2O6. The number of hydrazine groups is 1. The van der Waals surface area contributed by atoms with Crippen LogP contribution in [0.1, 0.15) is 42.3 Å². The lowest BCUT2D eigenvalue weighted by atomic mass is 10.0. The summed E-state index contributed by atoms with van der Waals surface area (Å²) in [7, 11) is 0. The molecule has 3 N–H and O–H groups in total. The summed E-state index contributed by atoms with van der Waals surface area (Å²) in [5, 5.41) is 10.0. The molecule has 0 aliphatic rings. The molecule has 0 bridgehead atoms. The van der Waals surface area contributed by atoms with Gasteiger partial charge in [0.15, 0.2) is 6.04 Å². The fourth-order valence-corrected chi connectivity index (χ4v) is 2.55. The summed E-state index contributed by atoms with van der Waals surface area (Å²) >= 11 is 0. The van der Waals surface area contributed by atoms with E-state index in [4.69, 9.17) is 15.3 Å². The zero-order valence-corrected chi connectivity index (χ0v) is 17.2. The highest BCUT2D eigenvalue weighted by Crippen LogP contribution is 2.14. The lowest BCUT2D eigenvalue weighted by molar-refractivity contribution is -0.143. The minimum atomic E-state index is -1.32. The van der Waals surface area contributed by atoms with Crippen molar-refractivity contribution in [2.24, 2.45) is 5.84 Å². The number of esters is 1. The number of amides is 1. The molecule has 0 fully saturated rings. The van der Waals surface area contributed by atoms with Crippen molar-refractivity contribution in [3.8, 4) is 0 Å². The first-order valence-electron chi connectivity index (χ1n) is 9.36. The van der Waals surface area contributed by atoms with E-state index in [0.717, 1.165) is 5.56 Å². The van der Waals surface area contributed by atoms with Crippen LogP contribution in [-0.2, 0) is 27.3 Å². The van der Waals surface area contributed by atoms with Crippen molar-refractivity contribution in [2.45, 2.75) is 45.4 Å². The van der Waals surface area contributed by atoms with Crippen molar-refractivity contribution in [3.05, 3.63) is 71.3 Å². The molecule has 0 saturated carbocycles. The van der Waals surface area contributed by atoms with Crippen LogP contribution in [0.2, 0.25) is 0 Å². The third-order valence-corrected chi connectivity index (χ3v) is 4.06. The standard InChI is InChI=1S/C22H26N2O6/c1-22(2,3)30-21(28)24(23)18(19(25)26)13-15-9-11-17(12-10-15)20(27)29-14-16-7-5-4-6-8-16/h4-12,18H,13-14,23H2,1-3H3,(H,25,26)/t18-/m0/s1. The number of carboxylic acids is 1. The Kier molecular flexibility index (Phi) is 7.54. The van der Waals surface area contributed by atoms with Crippen LogP contribution >= 0.6 is 0 Å². The highest BCUT2D eigenvalue weighted by molar-refractivity contribution is 5.89. The van der Waals surface area contributed by atoms with Crippen LogP contribution in [0.15, 0.2) is 54.6 Å². The van der Waals surface area contributed by atoms with Crippen LogP contribution in [-0.4, -0.2) is 39.8 Å². The maximum Gasteiger partial charge on any atom is 0.425 e. The van der Waals surface area contributed by atoms with Gasteiger partial charge in [0.1, 0.15) is 12.2 Å². The lowest BCUT2D eigenvalue weighted by Crippen LogP contribution is -2.52. The molecule has 0 aromatic heterocycles. The van der Waals surface area contributed by atoms with Gasteiger partial charge in [-0.25, -0.2) is 25.2 Å². The summed E-state index contributed by atoms with van der Waals surface area (Å²) in [5.74, 6) is 3.93. The number of carbonyl (C=O) groups excluding carboxylic acids is 2. The van der Waals surface area contributed by atoms with Crippen LogP contribution in [0.25, 0.3) is 0 Å². The van der Waals surface area contributed by atoms with Crippen LogP contribution in [0.5, 0.6) is 0 Å². The summed E-state index contributed by atoms with van der Waals surface area (Å²) in [6.07, 6.45) is -0.985. The second kappa shape index (κ2) is 9.89.